The van der Waals surface area contributed by atoms with Crippen LogP contribution in [0.25, 0.3) is 0 Å². The van der Waals surface area contributed by atoms with Crippen molar-refractivity contribution in [1.82, 2.24) is 13.5 Å². The van der Waals surface area contributed by atoms with Gasteiger partial charge in [-0.25, -0.2) is 0 Å². The van der Waals surface area contributed by atoms with E-state index in [4.69, 9.17) is 14.2 Å². The number of hydrogen-bond donors (Lipinski definition) is 0. The lowest BCUT2D eigenvalue weighted by atomic mass is 10.1. The first kappa shape index (κ1) is 20.3. The van der Waals surface area contributed by atoms with Gasteiger partial charge in [0.25, 0.3) is 16.1 Å². The molecule has 0 saturated carbocycles. The maximum Gasteiger partial charge on any atom is 0.281 e. The van der Waals surface area contributed by atoms with Gasteiger partial charge in [-0.1, -0.05) is 0 Å². The van der Waals surface area contributed by atoms with Crippen molar-refractivity contribution in [2.75, 3.05) is 61.6 Å². The fourth-order valence-electron chi connectivity index (χ4n) is 2.79. The highest BCUT2D eigenvalue weighted by molar-refractivity contribution is 7.86. The summed E-state index contributed by atoms with van der Waals surface area (Å²) < 4.78 is 42.8. The van der Waals surface area contributed by atoms with E-state index in [0.29, 0.717) is 35.9 Å². The van der Waals surface area contributed by atoms with Gasteiger partial charge in [-0.15, -0.1) is 0 Å². The number of nitrogens with zero attached hydrogens (tertiary/aromatic N) is 3. The average molecular weight is 387 g/mol. The highest BCUT2D eigenvalue weighted by atomic mass is 32.2. The van der Waals surface area contributed by atoms with Crippen LogP contribution in [0.4, 0.5) is 0 Å². The molecule has 1 aliphatic rings. The second kappa shape index (κ2) is 8.11. The molecule has 0 atom stereocenters. The summed E-state index contributed by atoms with van der Waals surface area (Å²) in [6.07, 6.45) is 0. The Hall–Kier alpha value is -2.04. The molecule has 0 unspecified atom stereocenters. The Balaban J connectivity index is 2.21. The Bertz CT molecular complexity index is 757. The van der Waals surface area contributed by atoms with Crippen molar-refractivity contribution < 1.29 is 27.4 Å². The van der Waals surface area contributed by atoms with Gasteiger partial charge in [0.05, 0.1) is 26.9 Å². The van der Waals surface area contributed by atoms with Crippen LogP contribution in [0.15, 0.2) is 12.1 Å². The molecule has 0 radical (unpaired) electrons. The summed E-state index contributed by atoms with van der Waals surface area (Å²) in [5, 5.41) is 0. The first-order valence-corrected chi connectivity index (χ1v) is 9.43. The summed E-state index contributed by atoms with van der Waals surface area (Å²) in [4.78, 5) is 14.5. The molecule has 9 nitrogen and oxygen atoms in total. The molecule has 1 amide bonds. The van der Waals surface area contributed by atoms with Gasteiger partial charge in [-0.3, -0.25) is 4.79 Å². The van der Waals surface area contributed by atoms with Crippen LogP contribution >= 0.6 is 0 Å². The fourth-order valence-corrected chi connectivity index (χ4v) is 3.88. The van der Waals surface area contributed by atoms with Crippen LogP contribution in [0, 0.1) is 0 Å². The lowest BCUT2D eigenvalue weighted by Crippen LogP contribution is -2.53. The minimum Gasteiger partial charge on any atom is -0.493 e. The Kier molecular flexibility index (Phi) is 6.32. The highest BCUT2D eigenvalue weighted by Gasteiger charge is 2.32. The second-order valence-electron chi connectivity index (χ2n) is 5.86. The predicted molar refractivity (Wildman–Crippen MR) is 96.2 cm³/mol. The molecule has 1 saturated heterocycles. The van der Waals surface area contributed by atoms with Crippen LogP contribution < -0.4 is 14.2 Å². The number of carbonyl (C=O) groups excluding carboxylic acids is 1. The van der Waals surface area contributed by atoms with Crippen molar-refractivity contribution >= 4 is 16.1 Å². The van der Waals surface area contributed by atoms with Crippen LogP contribution in [0.2, 0.25) is 0 Å². The molecule has 1 heterocycles. The first-order chi connectivity index (χ1) is 12.3. The fraction of sp³-hybridized carbons (Fsp3) is 0.562. The molecule has 146 valence electrons. The van der Waals surface area contributed by atoms with Crippen molar-refractivity contribution in [2.24, 2.45) is 0 Å². The average Bonchev–Trinajstić information content (AvgIpc) is 2.65. The third-order valence-electron chi connectivity index (χ3n) is 4.25. The summed E-state index contributed by atoms with van der Waals surface area (Å²) in [5.74, 6) is 0.849. The number of rotatable bonds is 6. The summed E-state index contributed by atoms with van der Waals surface area (Å²) >= 11 is 0. The van der Waals surface area contributed by atoms with Gasteiger partial charge in [-0.2, -0.15) is 17.0 Å². The van der Waals surface area contributed by atoms with Crippen molar-refractivity contribution in [3.8, 4) is 17.2 Å². The summed E-state index contributed by atoms with van der Waals surface area (Å²) in [7, 11) is 3.93. The quantitative estimate of drug-likeness (QED) is 0.697. The molecular weight excluding hydrogens is 362 g/mol. The first-order valence-electron chi connectivity index (χ1n) is 8.03. The zero-order chi connectivity index (χ0) is 19.5. The van der Waals surface area contributed by atoms with Crippen LogP contribution in [-0.2, 0) is 10.2 Å². The Morgan fingerprint density at radius 1 is 0.962 bits per heavy atom. The van der Waals surface area contributed by atoms with E-state index in [0.717, 1.165) is 0 Å². The molecule has 10 heteroatoms. The minimum absolute atomic E-state index is 0.238. The third-order valence-corrected chi connectivity index (χ3v) is 6.19. The lowest BCUT2D eigenvalue weighted by Gasteiger charge is -2.35. The number of ether oxygens (including phenoxy) is 3. The largest absolute Gasteiger partial charge is 0.493 e. The van der Waals surface area contributed by atoms with E-state index in [2.05, 4.69) is 0 Å². The molecular formula is C16H25N3O6S. The summed E-state index contributed by atoms with van der Waals surface area (Å²) in [6.45, 7) is 1.07. The smallest absolute Gasteiger partial charge is 0.281 e. The van der Waals surface area contributed by atoms with E-state index in [1.54, 1.807) is 17.0 Å². The van der Waals surface area contributed by atoms with Crippen molar-refractivity contribution in [2.45, 2.75) is 0 Å². The Labute approximate surface area is 154 Å². The number of carbonyl (C=O) groups is 1. The van der Waals surface area contributed by atoms with Gasteiger partial charge in [0.1, 0.15) is 0 Å². The number of amides is 1. The zero-order valence-electron chi connectivity index (χ0n) is 15.7. The monoisotopic (exact) mass is 387 g/mol. The number of hydrogen-bond acceptors (Lipinski definition) is 6. The topological polar surface area (TPSA) is 88.6 Å². The normalized spacial score (nSPS) is 15.8. The van der Waals surface area contributed by atoms with E-state index in [-0.39, 0.29) is 19.0 Å². The molecule has 0 spiro atoms. The van der Waals surface area contributed by atoms with Crippen LogP contribution in [-0.4, -0.2) is 89.4 Å². The van der Waals surface area contributed by atoms with E-state index in [9.17, 15) is 13.2 Å². The number of piperazine rings is 1. The Morgan fingerprint density at radius 2 is 1.54 bits per heavy atom. The maximum absolute atomic E-state index is 12.9. The predicted octanol–water partition coefficient (Wildman–Crippen LogP) is 0.277. The van der Waals surface area contributed by atoms with E-state index < -0.39 is 10.2 Å². The molecule has 0 N–H and O–H groups in total. The van der Waals surface area contributed by atoms with Crippen LogP contribution in [0.5, 0.6) is 17.2 Å². The van der Waals surface area contributed by atoms with E-state index >= 15 is 0 Å². The molecule has 1 aromatic carbocycles. The van der Waals surface area contributed by atoms with Gasteiger partial charge in [-0.05, 0) is 12.1 Å². The standard InChI is InChI=1S/C16H25N3O6S/c1-17(2)26(21,22)19-10-8-18(9-11-19)16(20)12-6-7-13(23-3)15(25-5)14(12)24-4/h6-7H,8-11H2,1-5H3. The molecule has 0 bridgehead atoms. The van der Waals surface area contributed by atoms with E-state index in [1.807, 2.05) is 0 Å². The molecule has 1 aromatic rings. The van der Waals surface area contributed by atoms with Crippen LogP contribution in [0.3, 0.4) is 0 Å². The van der Waals surface area contributed by atoms with Gasteiger partial charge in [0, 0.05) is 40.3 Å². The summed E-state index contributed by atoms with van der Waals surface area (Å²) in [6, 6.07) is 3.26. The Morgan fingerprint density at radius 3 is 2.00 bits per heavy atom. The lowest BCUT2D eigenvalue weighted by molar-refractivity contribution is 0.0691. The van der Waals surface area contributed by atoms with Crippen molar-refractivity contribution in [3.63, 3.8) is 0 Å². The molecule has 0 aromatic heterocycles. The van der Waals surface area contributed by atoms with E-state index in [1.165, 1.54) is 44.0 Å². The molecule has 1 fully saturated rings. The summed E-state index contributed by atoms with van der Waals surface area (Å²) in [5.41, 5.74) is 0.342. The molecule has 1 aliphatic heterocycles. The number of benzene rings is 1. The van der Waals surface area contributed by atoms with Gasteiger partial charge in [0.15, 0.2) is 11.5 Å². The minimum atomic E-state index is -3.48. The second-order valence-corrected chi connectivity index (χ2v) is 8.01. The van der Waals surface area contributed by atoms with Gasteiger partial charge < -0.3 is 19.1 Å². The van der Waals surface area contributed by atoms with Crippen molar-refractivity contribution in [1.29, 1.82) is 0 Å². The SMILES string of the molecule is COc1ccc(C(=O)N2CCN(S(=O)(=O)N(C)C)CC2)c(OC)c1OC. The third kappa shape index (κ3) is 3.71. The highest BCUT2D eigenvalue weighted by Crippen LogP contribution is 2.40. The molecule has 26 heavy (non-hydrogen) atoms. The van der Waals surface area contributed by atoms with Gasteiger partial charge >= 0.3 is 0 Å². The maximum atomic E-state index is 12.9. The number of methoxy groups -OCH3 is 3. The zero-order valence-corrected chi connectivity index (χ0v) is 16.5. The van der Waals surface area contributed by atoms with Crippen LogP contribution in [0.1, 0.15) is 10.4 Å². The van der Waals surface area contributed by atoms with Gasteiger partial charge in [0.2, 0.25) is 5.75 Å². The van der Waals surface area contributed by atoms with Crippen molar-refractivity contribution in [3.05, 3.63) is 17.7 Å². The molecule has 2 rings (SSSR count). The molecule has 0 aliphatic carbocycles.